The second-order valence-electron chi connectivity index (χ2n) is 8.41. The molecule has 1 aliphatic rings. The maximum Gasteiger partial charge on any atom is 0.522 e. The Morgan fingerprint density at radius 2 is 1.29 bits per heavy atom. The monoisotopic (exact) mass is 448 g/mol. The second-order valence-corrected chi connectivity index (χ2v) is 9.83. The van der Waals surface area contributed by atoms with Gasteiger partial charge in [0.1, 0.15) is 0 Å². The van der Waals surface area contributed by atoms with Gasteiger partial charge in [0.05, 0.1) is 0 Å². The average Bonchev–Trinajstić information content (AvgIpc) is 3.05. The molecule has 0 saturated heterocycles. The predicted molar refractivity (Wildman–Crippen MR) is 116 cm³/mol. The summed E-state index contributed by atoms with van der Waals surface area (Å²) in [4.78, 5) is 0. The van der Waals surface area contributed by atoms with Gasteiger partial charge in [-0.2, -0.15) is 21.6 Å². The predicted octanol–water partition coefficient (Wildman–Crippen LogP) is 6.62. The Balaban J connectivity index is 0.000000293. The standard InChI is InChI=1S/C23H22.CHF3O3S/c1-23(2,3)18-13-11-16(12-14-18)19-9-6-10-21-20-8-5-4-7-17(20)15-22(19)21;2-1(3,4)8(5,6)7/h4-14H,15H2,1-3H3;(H,5,6,7). The topological polar surface area (TPSA) is 54.4 Å². The van der Waals surface area contributed by atoms with E-state index >= 15 is 0 Å². The fourth-order valence-corrected chi connectivity index (χ4v) is 3.58. The summed E-state index contributed by atoms with van der Waals surface area (Å²) in [5, 5.41) is 0. The number of hydrogen-bond acceptors (Lipinski definition) is 2. The quantitative estimate of drug-likeness (QED) is 0.263. The molecular weight excluding hydrogens is 425 g/mol. The van der Waals surface area contributed by atoms with Crippen LogP contribution in [0.2, 0.25) is 0 Å². The molecule has 3 aromatic rings. The van der Waals surface area contributed by atoms with Gasteiger partial charge in [-0.1, -0.05) is 87.5 Å². The van der Waals surface area contributed by atoms with E-state index in [9.17, 15) is 13.2 Å². The van der Waals surface area contributed by atoms with Gasteiger partial charge in [0.15, 0.2) is 0 Å². The number of rotatable bonds is 1. The number of halogens is 3. The molecule has 0 radical (unpaired) electrons. The third-order valence-electron chi connectivity index (χ3n) is 5.21. The van der Waals surface area contributed by atoms with E-state index in [0.717, 1.165) is 6.42 Å². The summed E-state index contributed by atoms with van der Waals surface area (Å²) < 4.78 is 57.5. The zero-order valence-corrected chi connectivity index (χ0v) is 18.2. The summed E-state index contributed by atoms with van der Waals surface area (Å²) in [7, 11) is -5.84. The lowest BCUT2D eigenvalue weighted by atomic mass is 9.85. The van der Waals surface area contributed by atoms with Crippen molar-refractivity contribution in [2.75, 3.05) is 0 Å². The van der Waals surface area contributed by atoms with Crippen molar-refractivity contribution in [3.8, 4) is 22.3 Å². The highest BCUT2D eigenvalue weighted by atomic mass is 32.2. The van der Waals surface area contributed by atoms with Crippen molar-refractivity contribution in [1.29, 1.82) is 0 Å². The van der Waals surface area contributed by atoms with Gasteiger partial charge >= 0.3 is 15.6 Å². The third kappa shape index (κ3) is 4.99. The van der Waals surface area contributed by atoms with E-state index in [4.69, 9.17) is 13.0 Å². The van der Waals surface area contributed by atoms with Crippen LogP contribution < -0.4 is 0 Å². The van der Waals surface area contributed by atoms with Crippen molar-refractivity contribution < 1.29 is 26.1 Å². The van der Waals surface area contributed by atoms with Gasteiger partial charge < -0.3 is 0 Å². The summed E-state index contributed by atoms with van der Waals surface area (Å²) in [5.74, 6) is 0. The lowest BCUT2D eigenvalue weighted by molar-refractivity contribution is -0.0510. The molecule has 1 N–H and O–H groups in total. The molecule has 31 heavy (non-hydrogen) atoms. The molecule has 164 valence electrons. The van der Waals surface area contributed by atoms with Crippen molar-refractivity contribution >= 4 is 10.1 Å². The van der Waals surface area contributed by atoms with Crippen LogP contribution in [0.15, 0.2) is 66.7 Å². The molecule has 7 heteroatoms. The summed E-state index contributed by atoms with van der Waals surface area (Å²) in [6, 6.07) is 24.6. The number of benzene rings is 3. The first kappa shape index (κ1) is 23.0. The van der Waals surface area contributed by atoms with Gasteiger partial charge in [-0.15, -0.1) is 0 Å². The van der Waals surface area contributed by atoms with Crippen LogP contribution in [0.1, 0.15) is 37.5 Å². The molecule has 0 fully saturated rings. The average molecular weight is 449 g/mol. The van der Waals surface area contributed by atoms with Crippen LogP contribution in [0.4, 0.5) is 13.2 Å². The molecule has 0 unspecified atom stereocenters. The molecule has 0 atom stereocenters. The molecule has 0 amide bonds. The summed E-state index contributed by atoms with van der Waals surface area (Å²) in [5.41, 5.74) is 4.46. The Hall–Kier alpha value is -2.64. The zero-order valence-electron chi connectivity index (χ0n) is 17.4. The molecule has 0 saturated carbocycles. The van der Waals surface area contributed by atoms with Gasteiger partial charge in [0.25, 0.3) is 0 Å². The van der Waals surface area contributed by atoms with Crippen LogP contribution in [0, 0.1) is 0 Å². The van der Waals surface area contributed by atoms with Crippen LogP contribution in [0.25, 0.3) is 22.3 Å². The molecule has 3 aromatic carbocycles. The maximum atomic E-state index is 10.7. The molecule has 0 bridgehead atoms. The van der Waals surface area contributed by atoms with Crippen LogP contribution in [0.5, 0.6) is 0 Å². The Labute approximate surface area is 180 Å². The molecule has 0 aliphatic heterocycles. The number of hydrogen-bond donors (Lipinski definition) is 1. The molecular formula is C24H23F3O3S. The first-order valence-electron chi connectivity index (χ1n) is 9.64. The summed E-state index contributed by atoms with van der Waals surface area (Å²) in [6.07, 6.45) is 1.04. The maximum absolute atomic E-state index is 10.7. The Morgan fingerprint density at radius 3 is 1.84 bits per heavy atom. The minimum absolute atomic E-state index is 0.202. The van der Waals surface area contributed by atoms with Crippen molar-refractivity contribution in [3.05, 3.63) is 83.4 Å². The highest BCUT2D eigenvalue weighted by Gasteiger charge is 2.44. The van der Waals surface area contributed by atoms with Gasteiger partial charge in [0.2, 0.25) is 0 Å². The van der Waals surface area contributed by atoms with Crippen molar-refractivity contribution in [2.24, 2.45) is 0 Å². The number of alkyl halides is 3. The van der Waals surface area contributed by atoms with Crippen LogP contribution in [0.3, 0.4) is 0 Å². The smallest absolute Gasteiger partial charge is 0.279 e. The molecule has 4 rings (SSSR count). The van der Waals surface area contributed by atoms with E-state index < -0.39 is 15.6 Å². The Kier molecular flexibility index (Phi) is 6.04. The highest BCUT2D eigenvalue weighted by Crippen LogP contribution is 2.41. The molecule has 0 aromatic heterocycles. The van der Waals surface area contributed by atoms with E-state index in [1.54, 1.807) is 0 Å². The van der Waals surface area contributed by atoms with Crippen LogP contribution >= 0.6 is 0 Å². The largest absolute Gasteiger partial charge is 0.522 e. The fraction of sp³-hybridized carbons (Fsp3) is 0.250. The van der Waals surface area contributed by atoms with Crippen LogP contribution in [-0.2, 0) is 22.0 Å². The molecule has 1 aliphatic carbocycles. The van der Waals surface area contributed by atoms with E-state index in [0.29, 0.717) is 0 Å². The summed E-state index contributed by atoms with van der Waals surface area (Å²) in [6.45, 7) is 6.79. The first-order chi connectivity index (χ1) is 14.3. The first-order valence-corrected chi connectivity index (χ1v) is 11.1. The van der Waals surface area contributed by atoms with Gasteiger partial charge in [-0.05, 0) is 50.8 Å². The van der Waals surface area contributed by atoms with E-state index in [-0.39, 0.29) is 5.41 Å². The second kappa shape index (κ2) is 8.13. The summed E-state index contributed by atoms with van der Waals surface area (Å²) >= 11 is 0. The van der Waals surface area contributed by atoms with Gasteiger partial charge in [0, 0.05) is 0 Å². The van der Waals surface area contributed by atoms with Crippen molar-refractivity contribution in [1.82, 2.24) is 0 Å². The minimum Gasteiger partial charge on any atom is -0.279 e. The lowest BCUT2D eigenvalue weighted by Crippen LogP contribution is -2.21. The molecule has 0 spiro atoms. The van der Waals surface area contributed by atoms with E-state index in [2.05, 4.69) is 87.5 Å². The SMILES string of the molecule is CC(C)(C)c1ccc(-c2cccc3c2Cc2ccccc2-3)cc1.O=S(=O)(O)C(F)(F)F. The van der Waals surface area contributed by atoms with E-state index in [1.807, 2.05) is 0 Å². The van der Waals surface area contributed by atoms with Crippen molar-refractivity contribution in [2.45, 2.75) is 38.1 Å². The Morgan fingerprint density at radius 1 is 0.774 bits per heavy atom. The normalized spacial score (nSPS) is 13.1. The minimum atomic E-state index is -5.84. The molecule has 0 heterocycles. The van der Waals surface area contributed by atoms with Gasteiger partial charge in [-0.25, -0.2) is 0 Å². The highest BCUT2D eigenvalue weighted by molar-refractivity contribution is 7.86. The lowest BCUT2D eigenvalue weighted by Gasteiger charge is -2.19. The van der Waals surface area contributed by atoms with Crippen molar-refractivity contribution in [3.63, 3.8) is 0 Å². The Bertz CT molecular complexity index is 1190. The molecule has 3 nitrogen and oxygen atoms in total. The van der Waals surface area contributed by atoms with Crippen LogP contribution in [-0.4, -0.2) is 18.5 Å². The fourth-order valence-electron chi connectivity index (χ4n) is 3.58. The number of fused-ring (bicyclic) bond motifs is 3. The third-order valence-corrected chi connectivity index (χ3v) is 5.79. The van der Waals surface area contributed by atoms with E-state index in [1.165, 1.54) is 38.9 Å². The van der Waals surface area contributed by atoms with Gasteiger partial charge in [-0.3, -0.25) is 4.55 Å². The zero-order chi connectivity index (χ0) is 23.0.